The average Bonchev–Trinajstić information content (AvgIpc) is 2.81. The van der Waals surface area contributed by atoms with Gasteiger partial charge in [0, 0.05) is 11.8 Å². The summed E-state index contributed by atoms with van der Waals surface area (Å²) in [4.78, 5) is 25.7. The normalized spacial score (nSPS) is 26.3. The molecule has 4 fully saturated rings. The predicted molar refractivity (Wildman–Crippen MR) is 174 cm³/mol. The van der Waals surface area contributed by atoms with Crippen molar-refractivity contribution in [1.29, 1.82) is 0 Å². The molecule has 0 aliphatic heterocycles. The van der Waals surface area contributed by atoms with Gasteiger partial charge in [0.05, 0.1) is 11.8 Å². The van der Waals surface area contributed by atoms with Gasteiger partial charge in [-0.05, 0) is 115 Å². The number of carbonyl (C=O) groups excluding carboxylic acids is 2. The first-order valence-electron chi connectivity index (χ1n) is 14.4. The third-order valence-corrected chi connectivity index (χ3v) is 9.15. The molecule has 0 radical (unpaired) electrons. The summed E-state index contributed by atoms with van der Waals surface area (Å²) in [6.07, 6.45) is 7.78. The van der Waals surface area contributed by atoms with Crippen molar-refractivity contribution >= 4 is 11.9 Å². The minimum absolute atomic E-state index is 0. The summed E-state index contributed by atoms with van der Waals surface area (Å²) in [5.74, 6) is 2.67. The first kappa shape index (κ1) is 41.1. The van der Waals surface area contributed by atoms with Crippen molar-refractivity contribution in [1.82, 2.24) is 0 Å². The van der Waals surface area contributed by atoms with Gasteiger partial charge >= 0.3 is 11.9 Å². The van der Waals surface area contributed by atoms with Crippen molar-refractivity contribution in [3.63, 3.8) is 0 Å². The Kier molecular flexibility index (Phi) is 16.0. The minimum Gasteiger partial charge on any atom is -0.508 e. The number of phenolic OH excluding ortho intramolecular Hbond substituents is 1. The molecule has 1 aromatic carbocycles. The molecule has 0 aromatic heterocycles. The number of phenols is 1. The van der Waals surface area contributed by atoms with Gasteiger partial charge in [0.25, 0.3) is 0 Å². The van der Waals surface area contributed by atoms with Gasteiger partial charge in [0.2, 0.25) is 0 Å². The highest BCUT2D eigenvalue weighted by molar-refractivity contribution is 5.78. The second kappa shape index (κ2) is 16.0. The standard InChI is InChI=1S/C22H36O4.C10H14O.4CH4/c1-7-21(5,6)19(24)26-22(13-18(23)25-20(2,3)4)16-9-14-8-15(11-16)12-17(22)10-14;1-3-8(2)9-4-6-10(11)7-5-9;;;;/h14-17H,7-13H2,1-6H3;4-8,11H,3H2,1-2H3;4*1H4. The van der Waals surface area contributed by atoms with E-state index in [0.717, 1.165) is 50.4 Å². The smallest absolute Gasteiger partial charge is 0.312 e. The highest BCUT2D eigenvalue weighted by Crippen LogP contribution is 2.61. The molecule has 4 bridgehead atoms. The fourth-order valence-corrected chi connectivity index (χ4v) is 6.57. The van der Waals surface area contributed by atoms with E-state index in [0.29, 0.717) is 23.5 Å². The van der Waals surface area contributed by atoms with E-state index in [9.17, 15) is 9.59 Å². The molecule has 4 saturated carbocycles. The number of rotatable bonds is 7. The van der Waals surface area contributed by atoms with Crippen molar-refractivity contribution in [2.45, 2.75) is 154 Å². The summed E-state index contributed by atoms with van der Waals surface area (Å²) in [6, 6.07) is 7.43. The highest BCUT2D eigenvalue weighted by Gasteiger charge is 2.61. The summed E-state index contributed by atoms with van der Waals surface area (Å²) in [6.45, 7) is 15.9. The van der Waals surface area contributed by atoms with Crippen LogP contribution in [-0.2, 0) is 19.1 Å². The lowest BCUT2D eigenvalue weighted by Gasteiger charge is -2.60. The van der Waals surface area contributed by atoms with Gasteiger partial charge < -0.3 is 14.6 Å². The molecule has 0 saturated heterocycles. The molecule has 1 unspecified atom stereocenters. The molecule has 1 atom stereocenters. The fraction of sp³-hybridized carbons (Fsp3) is 0.778. The molecule has 41 heavy (non-hydrogen) atoms. The van der Waals surface area contributed by atoms with Crippen LogP contribution in [0.2, 0.25) is 0 Å². The number of benzene rings is 1. The van der Waals surface area contributed by atoms with Gasteiger partial charge in [0.1, 0.15) is 17.0 Å². The second-order valence-corrected chi connectivity index (χ2v) is 13.6. The molecule has 0 spiro atoms. The highest BCUT2D eigenvalue weighted by atomic mass is 16.6. The summed E-state index contributed by atoms with van der Waals surface area (Å²) in [5.41, 5.74) is -0.392. The van der Waals surface area contributed by atoms with E-state index in [4.69, 9.17) is 14.6 Å². The van der Waals surface area contributed by atoms with Crippen LogP contribution in [0.4, 0.5) is 0 Å². The van der Waals surface area contributed by atoms with E-state index in [2.05, 4.69) is 13.8 Å². The first-order valence-corrected chi connectivity index (χ1v) is 14.4. The maximum atomic E-state index is 13.0. The molecule has 1 N–H and O–H groups in total. The fourth-order valence-electron chi connectivity index (χ4n) is 6.57. The average molecular weight is 579 g/mol. The lowest BCUT2D eigenvalue weighted by atomic mass is 9.49. The Morgan fingerprint density at radius 1 is 0.878 bits per heavy atom. The van der Waals surface area contributed by atoms with E-state index in [1.807, 2.05) is 53.7 Å². The van der Waals surface area contributed by atoms with Gasteiger partial charge in [-0.1, -0.05) is 62.6 Å². The van der Waals surface area contributed by atoms with Crippen LogP contribution in [0.15, 0.2) is 24.3 Å². The molecule has 4 aliphatic carbocycles. The van der Waals surface area contributed by atoms with Crippen LogP contribution in [0.1, 0.15) is 148 Å². The predicted octanol–water partition coefficient (Wildman–Crippen LogP) is 10.3. The molecule has 240 valence electrons. The van der Waals surface area contributed by atoms with Gasteiger partial charge in [-0.25, -0.2) is 0 Å². The molecule has 5 rings (SSSR count). The number of esters is 2. The summed E-state index contributed by atoms with van der Waals surface area (Å²) in [7, 11) is 0. The van der Waals surface area contributed by atoms with Crippen molar-refractivity contribution < 1.29 is 24.2 Å². The second-order valence-electron chi connectivity index (χ2n) is 13.6. The van der Waals surface area contributed by atoms with Gasteiger partial charge in [-0.15, -0.1) is 0 Å². The van der Waals surface area contributed by atoms with Crippen LogP contribution in [0, 0.1) is 29.1 Å². The molecule has 4 aliphatic rings. The van der Waals surface area contributed by atoms with E-state index >= 15 is 0 Å². The SMILES string of the molecule is C.C.C.C.CCC(C)(C)C(=O)OC1(CC(=O)OC(C)(C)C)C2CC3CC(C2)CC1C3.CCC(C)c1ccc(O)cc1. The lowest BCUT2D eigenvalue weighted by Crippen LogP contribution is -2.61. The summed E-state index contributed by atoms with van der Waals surface area (Å²) < 4.78 is 11.9. The third-order valence-electron chi connectivity index (χ3n) is 9.15. The van der Waals surface area contributed by atoms with Crippen molar-refractivity contribution in [2.24, 2.45) is 29.1 Å². The van der Waals surface area contributed by atoms with Crippen molar-refractivity contribution in [3.05, 3.63) is 29.8 Å². The number of ether oxygens (including phenoxy) is 2. The molecule has 5 heteroatoms. The van der Waals surface area contributed by atoms with Crippen molar-refractivity contribution in [2.75, 3.05) is 0 Å². The van der Waals surface area contributed by atoms with E-state index in [-0.39, 0.29) is 48.1 Å². The van der Waals surface area contributed by atoms with Gasteiger partial charge in [-0.3, -0.25) is 9.59 Å². The van der Waals surface area contributed by atoms with Crippen LogP contribution in [0.5, 0.6) is 5.75 Å². The largest absolute Gasteiger partial charge is 0.508 e. The van der Waals surface area contributed by atoms with Crippen LogP contribution in [0.3, 0.4) is 0 Å². The minimum atomic E-state index is -0.653. The Bertz CT molecular complexity index is 896. The number of carbonyl (C=O) groups is 2. The number of hydrogen-bond donors (Lipinski definition) is 1. The Balaban J connectivity index is 0. The third kappa shape index (κ3) is 10.0. The monoisotopic (exact) mass is 578 g/mol. The molecule has 0 heterocycles. The topological polar surface area (TPSA) is 72.8 Å². The molecule has 5 nitrogen and oxygen atoms in total. The molecular weight excluding hydrogens is 512 g/mol. The van der Waals surface area contributed by atoms with E-state index in [1.165, 1.54) is 12.0 Å². The Morgan fingerprint density at radius 2 is 1.34 bits per heavy atom. The molecule has 0 amide bonds. The van der Waals surface area contributed by atoms with Crippen molar-refractivity contribution in [3.8, 4) is 5.75 Å². The Morgan fingerprint density at radius 3 is 1.73 bits per heavy atom. The summed E-state index contributed by atoms with van der Waals surface area (Å²) in [5, 5.41) is 9.01. The van der Waals surface area contributed by atoms with Gasteiger partial charge in [-0.2, -0.15) is 0 Å². The summed E-state index contributed by atoms with van der Waals surface area (Å²) >= 11 is 0. The lowest BCUT2D eigenvalue weighted by molar-refractivity contribution is -0.223. The first-order chi connectivity index (χ1) is 17.2. The Hall–Kier alpha value is -2.04. The molecule has 1 aromatic rings. The number of aromatic hydroxyl groups is 1. The zero-order valence-electron chi connectivity index (χ0n) is 24.4. The molecular formula is C36H66O5. The zero-order valence-corrected chi connectivity index (χ0v) is 24.4. The van der Waals surface area contributed by atoms with Crippen LogP contribution in [0.25, 0.3) is 0 Å². The van der Waals surface area contributed by atoms with Gasteiger partial charge in [0.15, 0.2) is 0 Å². The van der Waals surface area contributed by atoms with Crippen LogP contribution < -0.4 is 0 Å². The van der Waals surface area contributed by atoms with E-state index < -0.39 is 16.6 Å². The maximum absolute atomic E-state index is 13.0. The maximum Gasteiger partial charge on any atom is 0.312 e. The quantitative estimate of drug-likeness (QED) is 0.326. The van der Waals surface area contributed by atoms with E-state index in [1.54, 1.807) is 12.1 Å². The zero-order chi connectivity index (χ0) is 27.6. The Labute approximate surface area is 254 Å². The van der Waals surface area contributed by atoms with Crippen LogP contribution in [-0.4, -0.2) is 28.2 Å². The van der Waals surface area contributed by atoms with Crippen LogP contribution >= 0.6 is 0 Å². The number of hydrogen-bond acceptors (Lipinski definition) is 5.